The fourth-order valence-corrected chi connectivity index (χ4v) is 0.386. The van der Waals surface area contributed by atoms with Gasteiger partial charge < -0.3 is 11.1 Å². The van der Waals surface area contributed by atoms with Gasteiger partial charge in [0.25, 0.3) is 0 Å². The number of hydrogen-bond donors (Lipinski definition) is 2. The fraction of sp³-hybridized carbons (Fsp3) is 0.571. The molecule has 0 saturated heterocycles. The van der Waals surface area contributed by atoms with Gasteiger partial charge in [-0.2, -0.15) is 0 Å². The van der Waals surface area contributed by atoms with Gasteiger partial charge in [-0.15, -0.1) is 0 Å². The van der Waals surface area contributed by atoms with Crippen LogP contribution in [0, 0.1) is 17.8 Å². The van der Waals surface area contributed by atoms with Gasteiger partial charge in [0, 0.05) is 5.92 Å². The predicted octanol–water partition coefficient (Wildman–Crippen LogP) is 0.314. The van der Waals surface area contributed by atoms with Gasteiger partial charge in [0.15, 0.2) is 0 Å². The van der Waals surface area contributed by atoms with Crippen molar-refractivity contribution in [3.8, 4) is 11.8 Å². The predicted molar refractivity (Wildman–Crippen MR) is 40.2 cm³/mol. The third kappa shape index (κ3) is 6.83. The Kier molecular flexibility index (Phi) is 4.14. The van der Waals surface area contributed by atoms with Crippen LogP contribution >= 0.6 is 0 Å². The summed E-state index contributed by atoms with van der Waals surface area (Å²) in [5.41, 5.74) is 4.79. The van der Waals surface area contributed by atoms with Crippen molar-refractivity contribution in [1.29, 1.82) is 0 Å². The van der Waals surface area contributed by atoms with Gasteiger partial charge in [-0.25, -0.2) is 4.79 Å². The lowest BCUT2D eigenvalue weighted by Gasteiger charge is -1.91. The monoisotopic (exact) mass is 140 g/mol. The van der Waals surface area contributed by atoms with E-state index < -0.39 is 6.03 Å². The Hall–Kier alpha value is -1.17. The summed E-state index contributed by atoms with van der Waals surface area (Å²) in [6.07, 6.45) is 0. The summed E-state index contributed by atoms with van der Waals surface area (Å²) in [6.45, 7) is 4.31. The third-order valence-corrected chi connectivity index (χ3v) is 0.742. The maximum Gasteiger partial charge on any atom is 0.312 e. The van der Waals surface area contributed by atoms with E-state index in [0.717, 1.165) is 0 Å². The van der Waals surface area contributed by atoms with Gasteiger partial charge in [-0.3, -0.25) is 0 Å². The van der Waals surface area contributed by atoms with Crippen LogP contribution in [-0.4, -0.2) is 12.6 Å². The molecule has 0 aliphatic heterocycles. The average Bonchev–Trinajstić information content (AvgIpc) is 1.79. The summed E-state index contributed by atoms with van der Waals surface area (Å²) in [5, 5.41) is 2.37. The minimum atomic E-state index is -0.530. The van der Waals surface area contributed by atoms with Crippen LogP contribution < -0.4 is 11.1 Å². The van der Waals surface area contributed by atoms with E-state index in [2.05, 4.69) is 17.2 Å². The molecule has 0 aromatic rings. The first-order valence-corrected chi connectivity index (χ1v) is 3.14. The van der Waals surface area contributed by atoms with Crippen molar-refractivity contribution >= 4 is 6.03 Å². The highest BCUT2D eigenvalue weighted by Crippen LogP contribution is 1.84. The van der Waals surface area contributed by atoms with Crippen molar-refractivity contribution in [2.24, 2.45) is 11.7 Å². The molecule has 0 aromatic heterocycles. The normalized spacial score (nSPS) is 8.30. The molecule has 0 spiro atoms. The van der Waals surface area contributed by atoms with Crippen LogP contribution in [0.2, 0.25) is 0 Å². The molecule has 0 heterocycles. The van der Waals surface area contributed by atoms with Crippen LogP contribution in [0.1, 0.15) is 13.8 Å². The Morgan fingerprint density at radius 3 is 2.70 bits per heavy atom. The third-order valence-electron chi connectivity index (χ3n) is 0.742. The van der Waals surface area contributed by atoms with Crippen molar-refractivity contribution in [1.82, 2.24) is 5.32 Å². The first-order valence-electron chi connectivity index (χ1n) is 3.14. The van der Waals surface area contributed by atoms with E-state index in [1.54, 1.807) is 0 Å². The number of primary amides is 1. The highest BCUT2D eigenvalue weighted by Gasteiger charge is 1.84. The van der Waals surface area contributed by atoms with Crippen LogP contribution in [-0.2, 0) is 0 Å². The zero-order chi connectivity index (χ0) is 7.98. The summed E-state index contributed by atoms with van der Waals surface area (Å²) < 4.78 is 0. The number of nitrogens with two attached hydrogens (primary N) is 1. The number of hydrogen-bond acceptors (Lipinski definition) is 1. The van der Waals surface area contributed by atoms with Crippen molar-refractivity contribution in [2.75, 3.05) is 6.54 Å². The topological polar surface area (TPSA) is 55.1 Å². The zero-order valence-electron chi connectivity index (χ0n) is 6.27. The standard InChI is InChI=1S/C7H12N2O/c1-6(2)4-3-5-9-7(8)10/h6H,5H2,1-2H3,(H3,8,9,10). The lowest BCUT2D eigenvalue weighted by atomic mass is 10.2. The highest BCUT2D eigenvalue weighted by atomic mass is 16.2. The first-order chi connectivity index (χ1) is 4.63. The Bertz CT molecular complexity index is 164. The molecule has 0 radical (unpaired) electrons. The molecule has 0 atom stereocenters. The van der Waals surface area contributed by atoms with Crippen molar-refractivity contribution < 1.29 is 4.79 Å². The Morgan fingerprint density at radius 2 is 2.30 bits per heavy atom. The van der Waals surface area contributed by atoms with Crippen LogP contribution in [0.5, 0.6) is 0 Å². The molecule has 2 amide bonds. The molecule has 3 heteroatoms. The van der Waals surface area contributed by atoms with E-state index >= 15 is 0 Å². The molecule has 56 valence electrons. The molecule has 0 aliphatic rings. The van der Waals surface area contributed by atoms with E-state index in [1.807, 2.05) is 13.8 Å². The van der Waals surface area contributed by atoms with Crippen LogP contribution in [0.4, 0.5) is 4.79 Å². The molecule has 0 unspecified atom stereocenters. The van der Waals surface area contributed by atoms with Crippen LogP contribution in [0.3, 0.4) is 0 Å². The van der Waals surface area contributed by atoms with Gasteiger partial charge >= 0.3 is 6.03 Å². The average molecular weight is 140 g/mol. The highest BCUT2D eigenvalue weighted by molar-refractivity contribution is 5.71. The van der Waals surface area contributed by atoms with E-state index in [9.17, 15) is 4.79 Å². The second-order valence-electron chi connectivity index (χ2n) is 2.19. The first kappa shape index (κ1) is 8.83. The summed E-state index contributed by atoms with van der Waals surface area (Å²) in [4.78, 5) is 10.1. The number of carbonyl (C=O) groups is 1. The molecular weight excluding hydrogens is 128 g/mol. The quantitative estimate of drug-likeness (QED) is 0.506. The molecule has 0 rings (SSSR count). The second-order valence-corrected chi connectivity index (χ2v) is 2.19. The number of rotatable bonds is 1. The van der Waals surface area contributed by atoms with E-state index in [-0.39, 0.29) is 0 Å². The van der Waals surface area contributed by atoms with Crippen molar-refractivity contribution in [2.45, 2.75) is 13.8 Å². The maximum absolute atomic E-state index is 10.1. The summed E-state index contributed by atoms with van der Waals surface area (Å²) in [5.74, 6) is 5.98. The molecule has 0 fully saturated rings. The molecule has 0 saturated carbocycles. The van der Waals surface area contributed by atoms with Gasteiger partial charge in [-0.05, 0) is 0 Å². The molecular formula is C7H12N2O. The number of amides is 2. The number of carbonyl (C=O) groups excluding carboxylic acids is 1. The summed E-state index contributed by atoms with van der Waals surface area (Å²) >= 11 is 0. The minimum absolute atomic E-state index is 0.341. The van der Waals surface area contributed by atoms with Gasteiger partial charge in [-0.1, -0.05) is 25.7 Å². The van der Waals surface area contributed by atoms with E-state index in [4.69, 9.17) is 5.73 Å². The smallest absolute Gasteiger partial charge is 0.312 e. The number of nitrogens with one attached hydrogen (secondary N) is 1. The Balaban J connectivity index is 3.38. The second kappa shape index (κ2) is 4.68. The molecule has 3 nitrogen and oxygen atoms in total. The molecule has 0 aliphatic carbocycles. The lowest BCUT2D eigenvalue weighted by molar-refractivity contribution is 0.250. The molecule has 10 heavy (non-hydrogen) atoms. The molecule has 3 N–H and O–H groups in total. The summed E-state index contributed by atoms with van der Waals surface area (Å²) in [6, 6.07) is -0.530. The Morgan fingerprint density at radius 1 is 1.70 bits per heavy atom. The maximum atomic E-state index is 10.1. The van der Waals surface area contributed by atoms with Gasteiger partial charge in [0.2, 0.25) is 0 Å². The SMILES string of the molecule is CC(C)C#CCNC(N)=O. The largest absolute Gasteiger partial charge is 0.352 e. The van der Waals surface area contributed by atoms with Crippen molar-refractivity contribution in [3.05, 3.63) is 0 Å². The van der Waals surface area contributed by atoms with Crippen LogP contribution in [0.15, 0.2) is 0 Å². The zero-order valence-corrected chi connectivity index (χ0v) is 6.27. The van der Waals surface area contributed by atoms with Crippen molar-refractivity contribution in [3.63, 3.8) is 0 Å². The van der Waals surface area contributed by atoms with Gasteiger partial charge in [0.05, 0.1) is 6.54 Å². The minimum Gasteiger partial charge on any atom is -0.352 e. The van der Waals surface area contributed by atoms with E-state index in [1.165, 1.54) is 0 Å². The van der Waals surface area contributed by atoms with Gasteiger partial charge in [0.1, 0.15) is 0 Å². The van der Waals surface area contributed by atoms with Crippen LogP contribution in [0.25, 0.3) is 0 Å². The lowest BCUT2D eigenvalue weighted by Crippen LogP contribution is -2.29. The molecule has 0 aromatic carbocycles. The fourth-order valence-electron chi connectivity index (χ4n) is 0.386. The van der Waals surface area contributed by atoms with E-state index in [0.29, 0.717) is 12.5 Å². The summed E-state index contributed by atoms with van der Waals surface area (Å²) in [7, 11) is 0. The number of urea groups is 1. The molecule has 0 bridgehead atoms. The Labute approximate surface area is 61.0 Å².